The minimum atomic E-state index is -0.909. The van der Waals surface area contributed by atoms with Crippen LogP contribution < -0.4 is 4.90 Å². The number of aryl methyl sites for hydroxylation is 1. The van der Waals surface area contributed by atoms with Gasteiger partial charge in [-0.3, -0.25) is 0 Å². The lowest BCUT2D eigenvalue weighted by Crippen LogP contribution is -2.49. The van der Waals surface area contributed by atoms with Crippen molar-refractivity contribution in [3.8, 4) is 0 Å². The molecule has 1 amide bonds. The fourth-order valence-corrected chi connectivity index (χ4v) is 2.63. The van der Waals surface area contributed by atoms with Gasteiger partial charge in [-0.25, -0.2) is 9.59 Å². The second-order valence-electron chi connectivity index (χ2n) is 5.75. The summed E-state index contributed by atoms with van der Waals surface area (Å²) >= 11 is 0. The largest absolute Gasteiger partial charge is 0.478 e. The van der Waals surface area contributed by atoms with Gasteiger partial charge in [-0.1, -0.05) is 13.3 Å². The molecule has 1 saturated heterocycles. The summed E-state index contributed by atoms with van der Waals surface area (Å²) in [6.07, 6.45) is 1.66. The zero-order valence-electron chi connectivity index (χ0n) is 13.7. The lowest BCUT2D eigenvalue weighted by molar-refractivity contribution is 0.0696. The van der Waals surface area contributed by atoms with Crippen LogP contribution in [0, 0.1) is 6.92 Å². The van der Waals surface area contributed by atoms with Crippen molar-refractivity contribution in [2.45, 2.75) is 26.7 Å². The standard InChI is InChI=1S/C17H24N2O4/c1-3-4-11-23-17(22)19-9-7-18(8-10-19)14-5-6-15(16(20)21)13(2)12-14/h5-6,12H,3-4,7-11H2,1-2H3,(H,20,21). The van der Waals surface area contributed by atoms with Gasteiger partial charge in [0.05, 0.1) is 12.2 Å². The van der Waals surface area contributed by atoms with Gasteiger partial charge in [-0.05, 0) is 37.1 Å². The van der Waals surface area contributed by atoms with E-state index in [4.69, 9.17) is 9.84 Å². The number of benzene rings is 1. The second-order valence-corrected chi connectivity index (χ2v) is 5.75. The van der Waals surface area contributed by atoms with Gasteiger partial charge in [-0.2, -0.15) is 0 Å². The quantitative estimate of drug-likeness (QED) is 0.845. The van der Waals surface area contributed by atoms with Crippen LogP contribution in [0.2, 0.25) is 0 Å². The average Bonchev–Trinajstić information content (AvgIpc) is 2.54. The highest BCUT2D eigenvalue weighted by atomic mass is 16.6. The molecule has 1 N–H and O–H groups in total. The molecule has 6 nitrogen and oxygen atoms in total. The molecule has 0 atom stereocenters. The molecule has 0 bridgehead atoms. The number of carbonyl (C=O) groups is 2. The SMILES string of the molecule is CCCCOC(=O)N1CCN(c2ccc(C(=O)O)c(C)c2)CC1. The van der Waals surface area contributed by atoms with E-state index < -0.39 is 5.97 Å². The van der Waals surface area contributed by atoms with E-state index in [9.17, 15) is 9.59 Å². The summed E-state index contributed by atoms with van der Waals surface area (Å²) < 4.78 is 5.23. The fourth-order valence-electron chi connectivity index (χ4n) is 2.63. The van der Waals surface area contributed by atoms with Crippen molar-refractivity contribution in [1.29, 1.82) is 0 Å². The molecule has 1 fully saturated rings. The first kappa shape index (κ1) is 17.1. The molecule has 0 radical (unpaired) electrons. The van der Waals surface area contributed by atoms with Crippen molar-refractivity contribution >= 4 is 17.7 Å². The molecule has 1 aromatic carbocycles. The van der Waals surface area contributed by atoms with Crippen molar-refractivity contribution in [2.75, 3.05) is 37.7 Å². The van der Waals surface area contributed by atoms with Crippen molar-refractivity contribution < 1.29 is 19.4 Å². The monoisotopic (exact) mass is 320 g/mol. The Labute approximate surface area is 136 Å². The van der Waals surface area contributed by atoms with Gasteiger partial charge < -0.3 is 19.6 Å². The van der Waals surface area contributed by atoms with E-state index in [0.29, 0.717) is 38.3 Å². The van der Waals surface area contributed by atoms with Crippen LogP contribution in [0.3, 0.4) is 0 Å². The predicted octanol–water partition coefficient (Wildman–Crippen LogP) is 2.75. The summed E-state index contributed by atoms with van der Waals surface area (Å²) in [5, 5.41) is 9.08. The minimum absolute atomic E-state index is 0.240. The third-order valence-corrected chi connectivity index (χ3v) is 4.07. The zero-order valence-corrected chi connectivity index (χ0v) is 13.7. The molecule has 1 aliphatic heterocycles. The Balaban J connectivity index is 1.90. The van der Waals surface area contributed by atoms with E-state index in [1.54, 1.807) is 17.9 Å². The highest BCUT2D eigenvalue weighted by Crippen LogP contribution is 2.21. The van der Waals surface area contributed by atoms with Crippen LogP contribution in [0.25, 0.3) is 0 Å². The van der Waals surface area contributed by atoms with Gasteiger partial charge in [0.1, 0.15) is 0 Å². The Kier molecular flexibility index (Phi) is 5.84. The van der Waals surface area contributed by atoms with Crippen molar-refractivity contribution in [3.63, 3.8) is 0 Å². The number of unbranched alkanes of at least 4 members (excludes halogenated alkanes) is 1. The fraction of sp³-hybridized carbons (Fsp3) is 0.529. The van der Waals surface area contributed by atoms with Crippen LogP contribution >= 0.6 is 0 Å². The van der Waals surface area contributed by atoms with Gasteiger partial charge >= 0.3 is 12.1 Å². The molecule has 1 aromatic rings. The zero-order chi connectivity index (χ0) is 16.8. The van der Waals surface area contributed by atoms with E-state index in [0.717, 1.165) is 24.1 Å². The molecule has 23 heavy (non-hydrogen) atoms. The first-order valence-corrected chi connectivity index (χ1v) is 8.03. The highest BCUT2D eigenvalue weighted by molar-refractivity contribution is 5.89. The van der Waals surface area contributed by atoms with Crippen LogP contribution in [0.5, 0.6) is 0 Å². The predicted molar refractivity (Wildman–Crippen MR) is 88.2 cm³/mol. The maximum Gasteiger partial charge on any atom is 0.409 e. The minimum Gasteiger partial charge on any atom is -0.478 e. The van der Waals surface area contributed by atoms with Crippen molar-refractivity contribution in [3.05, 3.63) is 29.3 Å². The first-order chi connectivity index (χ1) is 11.0. The topological polar surface area (TPSA) is 70.1 Å². The Morgan fingerprint density at radius 1 is 1.22 bits per heavy atom. The van der Waals surface area contributed by atoms with Crippen molar-refractivity contribution in [1.82, 2.24) is 4.90 Å². The van der Waals surface area contributed by atoms with E-state index in [1.807, 2.05) is 12.1 Å². The number of carboxylic acid groups (broad SMARTS) is 1. The normalized spacial score (nSPS) is 14.7. The molecule has 0 aliphatic carbocycles. The Morgan fingerprint density at radius 2 is 1.91 bits per heavy atom. The van der Waals surface area contributed by atoms with Crippen LogP contribution in [0.1, 0.15) is 35.7 Å². The Hall–Kier alpha value is -2.24. The third-order valence-electron chi connectivity index (χ3n) is 4.07. The second kappa shape index (κ2) is 7.85. The van der Waals surface area contributed by atoms with Crippen LogP contribution in [-0.4, -0.2) is 54.9 Å². The van der Waals surface area contributed by atoms with Crippen LogP contribution in [-0.2, 0) is 4.74 Å². The summed E-state index contributed by atoms with van der Waals surface area (Å²) in [5.41, 5.74) is 2.06. The number of hydrogen-bond donors (Lipinski definition) is 1. The van der Waals surface area contributed by atoms with Crippen LogP contribution in [0.4, 0.5) is 10.5 Å². The molecule has 1 aliphatic rings. The Morgan fingerprint density at radius 3 is 2.48 bits per heavy atom. The summed E-state index contributed by atoms with van der Waals surface area (Å²) in [6.45, 7) is 7.00. The maximum atomic E-state index is 11.9. The van der Waals surface area contributed by atoms with E-state index >= 15 is 0 Å². The van der Waals surface area contributed by atoms with E-state index in [1.165, 1.54) is 0 Å². The van der Waals surface area contributed by atoms with Gasteiger partial charge in [-0.15, -0.1) is 0 Å². The molecular weight excluding hydrogens is 296 g/mol. The third kappa shape index (κ3) is 4.37. The summed E-state index contributed by atoms with van der Waals surface area (Å²) in [6, 6.07) is 5.35. The van der Waals surface area contributed by atoms with E-state index in [2.05, 4.69) is 11.8 Å². The number of piperazine rings is 1. The van der Waals surface area contributed by atoms with Crippen molar-refractivity contribution in [2.24, 2.45) is 0 Å². The van der Waals surface area contributed by atoms with E-state index in [-0.39, 0.29) is 6.09 Å². The van der Waals surface area contributed by atoms with Crippen LogP contribution in [0.15, 0.2) is 18.2 Å². The number of hydrogen-bond acceptors (Lipinski definition) is 4. The summed E-state index contributed by atoms with van der Waals surface area (Å²) in [4.78, 5) is 26.9. The van der Waals surface area contributed by atoms with Gasteiger partial charge in [0.15, 0.2) is 0 Å². The molecule has 0 aromatic heterocycles. The first-order valence-electron chi connectivity index (χ1n) is 8.03. The number of anilines is 1. The number of amides is 1. The smallest absolute Gasteiger partial charge is 0.409 e. The number of carboxylic acids is 1. The lowest BCUT2D eigenvalue weighted by Gasteiger charge is -2.35. The number of rotatable bonds is 5. The molecule has 0 unspecified atom stereocenters. The maximum absolute atomic E-state index is 11.9. The number of nitrogens with zero attached hydrogens (tertiary/aromatic N) is 2. The number of ether oxygens (including phenoxy) is 1. The van der Waals surface area contributed by atoms with Gasteiger partial charge in [0.2, 0.25) is 0 Å². The molecule has 2 rings (SSSR count). The molecule has 0 spiro atoms. The number of carbonyl (C=O) groups excluding carboxylic acids is 1. The lowest BCUT2D eigenvalue weighted by atomic mass is 10.1. The summed E-state index contributed by atoms with van der Waals surface area (Å²) in [7, 11) is 0. The highest BCUT2D eigenvalue weighted by Gasteiger charge is 2.22. The summed E-state index contributed by atoms with van der Waals surface area (Å²) in [5.74, 6) is -0.909. The molecule has 6 heteroatoms. The number of aromatic carboxylic acids is 1. The average molecular weight is 320 g/mol. The molecule has 1 heterocycles. The molecule has 0 saturated carbocycles. The molecular formula is C17H24N2O4. The van der Waals surface area contributed by atoms with Gasteiger partial charge in [0.25, 0.3) is 0 Å². The molecule has 126 valence electrons. The van der Waals surface area contributed by atoms with Gasteiger partial charge in [0, 0.05) is 31.9 Å². The Bertz CT molecular complexity index is 566.